The normalized spacial score (nSPS) is 23.3. The van der Waals surface area contributed by atoms with Crippen LogP contribution in [-0.2, 0) is 63.8 Å². The maximum absolute atomic E-state index is 14.4. The number of nitrogens with zero attached hydrogens (tertiary/aromatic N) is 4. The number of cyclic esters (lactones) is 2. The first kappa shape index (κ1) is 63.5. The fourth-order valence-electron chi connectivity index (χ4n) is 8.70. The molecule has 0 aliphatic carbocycles. The van der Waals surface area contributed by atoms with Crippen molar-refractivity contribution in [3.05, 3.63) is 65.7 Å². The number of amides is 6. The molecule has 2 bridgehead atoms. The summed E-state index contributed by atoms with van der Waals surface area (Å²) in [5, 5.41) is 5.46. The number of esters is 2. The monoisotopic (exact) mass is 1090 g/mol. The van der Waals surface area contributed by atoms with Gasteiger partial charge in [-0.3, -0.25) is 33.6 Å². The lowest BCUT2D eigenvalue weighted by Crippen LogP contribution is -2.59. The maximum atomic E-state index is 14.4. The number of carbonyl (C=O) groups is 9. The van der Waals surface area contributed by atoms with E-state index in [4.69, 9.17) is 28.4 Å². The Morgan fingerprint density at radius 2 is 1.54 bits per heavy atom. The van der Waals surface area contributed by atoms with Crippen LogP contribution in [0.25, 0.3) is 0 Å². The highest BCUT2D eigenvalue weighted by Gasteiger charge is 2.43. The van der Waals surface area contributed by atoms with Crippen molar-refractivity contribution in [2.24, 2.45) is 11.3 Å². The third-order valence-corrected chi connectivity index (χ3v) is 13.3. The van der Waals surface area contributed by atoms with Crippen molar-refractivity contribution in [3.8, 4) is 17.2 Å². The molecule has 21 nitrogen and oxygen atoms in total. The molecule has 430 valence electrons. The van der Waals surface area contributed by atoms with Gasteiger partial charge in [0, 0.05) is 40.3 Å². The van der Waals surface area contributed by atoms with Crippen LogP contribution in [0.5, 0.6) is 17.2 Å². The Balaban J connectivity index is 1.68. The zero-order valence-corrected chi connectivity index (χ0v) is 47.8. The largest absolute Gasteiger partial charge is 0.493 e. The minimum atomic E-state index is -1.49. The number of Topliss-reactive ketones (excluding diaryl/α,β-unsaturated/α-hetero) is 1. The van der Waals surface area contributed by atoms with E-state index in [0.29, 0.717) is 36.3 Å². The Morgan fingerprint density at radius 1 is 0.833 bits per heavy atom. The molecule has 2 N–H and O–H groups in total. The Hall–Kier alpha value is -7.03. The fraction of sp³-hybridized carbons (Fsp3) is 0.596. The summed E-state index contributed by atoms with van der Waals surface area (Å²) in [7, 11) is 7.40. The molecule has 2 aromatic rings. The Kier molecular flexibility index (Phi) is 23.7. The smallest absolute Gasteiger partial charge is 0.330 e. The molecule has 2 aliphatic rings. The molecule has 78 heavy (non-hydrogen) atoms. The quantitative estimate of drug-likeness (QED) is 0.262. The zero-order chi connectivity index (χ0) is 58.1. The summed E-state index contributed by atoms with van der Waals surface area (Å²) in [6, 6.07) is 7.56. The molecule has 6 amide bonds. The van der Waals surface area contributed by atoms with E-state index < -0.39 is 114 Å². The molecule has 2 heterocycles. The van der Waals surface area contributed by atoms with Gasteiger partial charge in [-0.1, -0.05) is 38.1 Å². The highest BCUT2D eigenvalue weighted by Crippen LogP contribution is 2.33. The predicted octanol–water partition coefficient (Wildman–Crippen LogP) is 4.37. The summed E-state index contributed by atoms with van der Waals surface area (Å²) in [4.78, 5) is 129. The molecule has 1 saturated heterocycles. The lowest BCUT2D eigenvalue weighted by molar-refractivity contribution is -0.165. The number of fused-ring (bicyclic) bond motifs is 3. The topological polar surface area (TPSA) is 246 Å². The molecule has 2 aliphatic heterocycles. The Labute approximate surface area is 458 Å². The molecule has 4 rings (SSSR count). The number of piperidine rings is 1. The highest BCUT2D eigenvalue weighted by atomic mass is 16.5. The number of aryl methyl sites for hydroxylation is 1. The summed E-state index contributed by atoms with van der Waals surface area (Å²) >= 11 is 0. The van der Waals surface area contributed by atoms with E-state index in [0.717, 1.165) is 16.5 Å². The van der Waals surface area contributed by atoms with Gasteiger partial charge in [-0.25, -0.2) is 9.59 Å². The first-order chi connectivity index (χ1) is 36.7. The number of carbonyl (C=O) groups excluding carboxylic acids is 9. The molecule has 0 saturated carbocycles. The molecule has 0 unspecified atom stereocenters. The van der Waals surface area contributed by atoms with Crippen LogP contribution in [0.4, 0.5) is 0 Å². The molecule has 1 fully saturated rings. The van der Waals surface area contributed by atoms with Gasteiger partial charge in [-0.15, -0.1) is 0 Å². The second-order valence-corrected chi connectivity index (χ2v) is 21.9. The number of hydrogen-bond donors (Lipinski definition) is 2. The molecule has 21 heteroatoms. The van der Waals surface area contributed by atoms with Crippen molar-refractivity contribution in [3.63, 3.8) is 0 Å². The Bertz CT molecular complexity index is 2490. The van der Waals surface area contributed by atoms with Crippen molar-refractivity contribution in [2.75, 3.05) is 74.8 Å². The van der Waals surface area contributed by atoms with Crippen molar-refractivity contribution in [1.29, 1.82) is 0 Å². The van der Waals surface area contributed by atoms with Crippen LogP contribution in [0.3, 0.4) is 0 Å². The summed E-state index contributed by atoms with van der Waals surface area (Å²) in [6.07, 6.45) is 4.08. The van der Waals surface area contributed by atoms with Gasteiger partial charge in [-0.2, -0.15) is 0 Å². The summed E-state index contributed by atoms with van der Waals surface area (Å²) in [5.41, 5.74) is -0.866. The standard InChI is InChI=1S/C57H82N6O15/c1-36(2)29-41-53(70)62(11)43(33-77-56(4,5)6)51(68)58-37(3)52(69)60(9)27-16-15-22-49(66)76-35-57(7,8)50(67)54(71)63-28-17-14-21-42(63)55(72)78-44(25-23-38-24-26-45(73-12)46(30-38)74-13)39-19-18-20-40(31-39)75-34-48(65)61(10)32-47(64)59-41/h15,18-20,22,24,26,30-31,36-37,41-44H,14,16-17,21,23,25,27-29,32-35H2,1-13H3,(H,58,68)(H,59,64)/b22-15-/t37-,41+,42-,43-,44+/m0/s1. The third-order valence-electron chi connectivity index (χ3n) is 13.3. The number of ketones is 1. The third kappa shape index (κ3) is 18.9. The van der Waals surface area contributed by atoms with Crippen LogP contribution >= 0.6 is 0 Å². The van der Waals surface area contributed by atoms with Crippen LogP contribution in [0, 0.1) is 11.3 Å². The van der Waals surface area contributed by atoms with E-state index in [2.05, 4.69) is 10.6 Å². The number of rotatable bonds is 9. The van der Waals surface area contributed by atoms with E-state index in [9.17, 15) is 43.2 Å². The zero-order valence-electron chi connectivity index (χ0n) is 47.8. The average Bonchev–Trinajstić information content (AvgIpc) is 3.39. The van der Waals surface area contributed by atoms with Gasteiger partial charge in [0.25, 0.3) is 11.8 Å². The minimum absolute atomic E-state index is 0.0909. The van der Waals surface area contributed by atoms with Crippen molar-refractivity contribution in [2.45, 2.75) is 136 Å². The Morgan fingerprint density at radius 3 is 2.21 bits per heavy atom. The molecule has 0 radical (unpaired) electrons. The fourth-order valence-corrected chi connectivity index (χ4v) is 8.70. The second kappa shape index (κ2) is 29.1. The van der Waals surface area contributed by atoms with E-state index in [1.807, 2.05) is 26.0 Å². The number of nitrogens with one attached hydrogen (secondary N) is 2. The van der Waals surface area contributed by atoms with Gasteiger partial charge in [0.05, 0.1) is 38.4 Å². The number of hydrogen-bond acceptors (Lipinski definition) is 15. The van der Waals surface area contributed by atoms with Crippen molar-refractivity contribution in [1.82, 2.24) is 30.2 Å². The molecule has 5 atom stereocenters. The lowest BCUT2D eigenvalue weighted by atomic mass is 9.87. The molecule has 0 aromatic heterocycles. The number of likely N-dealkylation sites (N-methyl/N-ethyl adjacent to an activating group) is 3. The van der Waals surface area contributed by atoms with Crippen LogP contribution in [-0.4, -0.2) is 177 Å². The summed E-state index contributed by atoms with van der Waals surface area (Å²) < 4.78 is 34.6. The highest BCUT2D eigenvalue weighted by molar-refractivity contribution is 6.38. The van der Waals surface area contributed by atoms with Crippen molar-refractivity contribution < 1.29 is 71.6 Å². The van der Waals surface area contributed by atoms with Crippen LogP contribution < -0.4 is 24.8 Å². The van der Waals surface area contributed by atoms with Gasteiger partial charge in [0.15, 0.2) is 18.1 Å². The van der Waals surface area contributed by atoms with Gasteiger partial charge in [0.2, 0.25) is 29.4 Å². The van der Waals surface area contributed by atoms with Crippen LogP contribution in [0.2, 0.25) is 0 Å². The van der Waals surface area contributed by atoms with Crippen LogP contribution in [0.15, 0.2) is 54.6 Å². The predicted molar refractivity (Wildman–Crippen MR) is 288 cm³/mol. The first-order valence-electron chi connectivity index (χ1n) is 26.5. The van der Waals surface area contributed by atoms with Gasteiger partial charge in [0.1, 0.15) is 42.6 Å². The van der Waals surface area contributed by atoms with E-state index in [-0.39, 0.29) is 57.0 Å². The number of methoxy groups -OCH3 is 2. The molecule has 2 aromatic carbocycles. The summed E-state index contributed by atoms with van der Waals surface area (Å²) in [5.74, 6) is -5.10. The molecular formula is C57H82N6O15. The number of benzene rings is 2. The second-order valence-electron chi connectivity index (χ2n) is 21.9. The van der Waals surface area contributed by atoms with Gasteiger partial charge in [-0.05, 0) is 128 Å². The van der Waals surface area contributed by atoms with E-state index in [1.54, 1.807) is 51.1 Å². The molecular weight excluding hydrogens is 1010 g/mol. The lowest BCUT2D eigenvalue weighted by Gasteiger charge is -2.36. The number of ether oxygens (including phenoxy) is 6. The van der Waals surface area contributed by atoms with Crippen LogP contribution in [0.1, 0.15) is 111 Å². The van der Waals surface area contributed by atoms with Crippen molar-refractivity contribution >= 4 is 53.2 Å². The van der Waals surface area contributed by atoms with E-state index >= 15 is 0 Å². The maximum Gasteiger partial charge on any atom is 0.330 e. The van der Waals surface area contributed by atoms with Gasteiger partial charge < -0.3 is 58.7 Å². The SMILES string of the molecule is COc1ccc(CC[C@H]2OC(=O)[C@@H]3CCCCN3C(=O)C(=O)C(C)(C)COC(=O)/C=C\CCN(C)C(=O)[C@H](C)NC(=O)[C@H](COC(C)(C)C)N(C)C(=O)[C@@H](CC(C)C)NC(=O)CN(C)C(=O)COc3cccc2c3)cc1OC. The van der Waals surface area contributed by atoms with Gasteiger partial charge >= 0.3 is 11.9 Å². The first-order valence-corrected chi connectivity index (χ1v) is 26.5. The average molecular weight is 1090 g/mol. The van der Waals surface area contributed by atoms with E-state index in [1.165, 1.54) is 76.9 Å². The minimum Gasteiger partial charge on any atom is -0.493 e. The molecule has 0 spiro atoms. The summed E-state index contributed by atoms with van der Waals surface area (Å²) in [6.45, 7) is 12.1.